The van der Waals surface area contributed by atoms with E-state index in [1.807, 2.05) is 18.2 Å². The van der Waals surface area contributed by atoms with Crippen LogP contribution in [0.1, 0.15) is 12.5 Å². The maximum Gasteiger partial charge on any atom is 0.135 e. The smallest absolute Gasteiger partial charge is 0.135 e. The van der Waals surface area contributed by atoms with Gasteiger partial charge in [0.15, 0.2) is 0 Å². The fraction of sp³-hybridized carbons (Fsp3) is 0.368. The quantitative estimate of drug-likeness (QED) is 0.729. The molecule has 3 aromatic rings. The zero-order valence-electron chi connectivity index (χ0n) is 14.6. The number of aromatic nitrogens is 2. The van der Waals surface area contributed by atoms with Crippen molar-refractivity contribution in [3.05, 3.63) is 48.0 Å². The van der Waals surface area contributed by atoms with Gasteiger partial charge in [-0.15, -0.1) is 0 Å². The highest BCUT2D eigenvalue weighted by atomic mass is 16.6. The van der Waals surface area contributed by atoms with Gasteiger partial charge in [-0.1, -0.05) is 6.07 Å². The van der Waals surface area contributed by atoms with Crippen LogP contribution in [0, 0.1) is 0 Å². The predicted molar refractivity (Wildman–Crippen MR) is 96.9 cm³/mol. The van der Waals surface area contributed by atoms with Crippen molar-refractivity contribution in [2.24, 2.45) is 0 Å². The van der Waals surface area contributed by atoms with E-state index in [2.05, 4.69) is 51.3 Å². The first-order valence-electron chi connectivity index (χ1n) is 8.57. The van der Waals surface area contributed by atoms with E-state index >= 15 is 0 Å². The van der Waals surface area contributed by atoms with Gasteiger partial charge in [0.2, 0.25) is 0 Å². The molecule has 0 N–H and O–H groups in total. The lowest BCUT2D eigenvalue weighted by atomic mass is 10.1. The molecule has 0 radical (unpaired) electrons. The van der Waals surface area contributed by atoms with Crippen LogP contribution < -0.4 is 9.64 Å². The van der Waals surface area contributed by atoms with Gasteiger partial charge in [0.25, 0.3) is 0 Å². The summed E-state index contributed by atoms with van der Waals surface area (Å²) in [5.74, 6) is 0.896. The number of methoxy groups -OCH3 is 1. The van der Waals surface area contributed by atoms with Crippen LogP contribution in [-0.4, -0.2) is 48.0 Å². The van der Waals surface area contributed by atoms with Crippen molar-refractivity contribution in [1.29, 1.82) is 0 Å². The van der Waals surface area contributed by atoms with Crippen molar-refractivity contribution in [3.63, 3.8) is 0 Å². The number of nitrogens with zero attached hydrogens (tertiary/aromatic N) is 4. The van der Waals surface area contributed by atoms with E-state index in [1.54, 1.807) is 7.11 Å². The number of rotatable bonds is 4. The van der Waals surface area contributed by atoms with Gasteiger partial charge in [-0.05, 0) is 59.2 Å². The predicted octanol–water partition coefficient (Wildman–Crippen LogP) is 2.94. The van der Waals surface area contributed by atoms with Gasteiger partial charge >= 0.3 is 0 Å². The number of hydrogen-bond acceptors (Lipinski definition) is 6. The monoisotopic (exact) mass is 338 g/mol. The van der Waals surface area contributed by atoms with E-state index in [9.17, 15) is 0 Å². The SMILES string of the molecule is COc1ccc(N2CCN(Cc3ccc4nonc4c3)[C@H](C)C2)cc1. The topological polar surface area (TPSA) is 54.6 Å². The van der Waals surface area contributed by atoms with E-state index in [0.717, 1.165) is 43.0 Å². The molecule has 130 valence electrons. The minimum atomic E-state index is 0.474. The molecule has 4 rings (SSSR count). The Kier molecular flexibility index (Phi) is 4.28. The molecule has 0 amide bonds. The molecule has 0 unspecified atom stereocenters. The minimum Gasteiger partial charge on any atom is -0.497 e. The van der Waals surface area contributed by atoms with Gasteiger partial charge in [-0.3, -0.25) is 4.90 Å². The molecule has 0 spiro atoms. The molecule has 1 atom stereocenters. The standard InChI is InChI=1S/C19H22N4O2/c1-14-12-23(16-4-6-17(24-2)7-5-16)10-9-22(14)13-15-3-8-18-19(11-15)21-25-20-18/h3-8,11,14H,9-10,12-13H2,1-2H3/t14-/m1/s1. The number of anilines is 1. The summed E-state index contributed by atoms with van der Waals surface area (Å²) in [6.07, 6.45) is 0. The Hall–Kier alpha value is -2.60. The van der Waals surface area contributed by atoms with Crippen molar-refractivity contribution < 1.29 is 9.37 Å². The van der Waals surface area contributed by atoms with E-state index in [1.165, 1.54) is 11.3 Å². The van der Waals surface area contributed by atoms with Gasteiger partial charge in [0.1, 0.15) is 16.8 Å². The van der Waals surface area contributed by atoms with Crippen molar-refractivity contribution in [2.75, 3.05) is 31.6 Å². The summed E-state index contributed by atoms with van der Waals surface area (Å²) < 4.78 is 10.0. The van der Waals surface area contributed by atoms with Crippen molar-refractivity contribution in [2.45, 2.75) is 19.5 Å². The van der Waals surface area contributed by atoms with Gasteiger partial charge < -0.3 is 9.64 Å². The van der Waals surface area contributed by atoms with Crippen molar-refractivity contribution in [1.82, 2.24) is 15.2 Å². The molecule has 2 heterocycles. The lowest BCUT2D eigenvalue weighted by Crippen LogP contribution is -2.51. The van der Waals surface area contributed by atoms with Crippen molar-refractivity contribution in [3.8, 4) is 5.75 Å². The molecular formula is C19H22N4O2. The summed E-state index contributed by atoms with van der Waals surface area (Å²) in [6.45, 7) is 6.26. The molecule has 25 heavy (non-hydrogen) atoms. The summed E-state index contributed by atoms with van der Waals surface area (Å²) in [5, 5.41) is 7.80. The van der Waals surface area contributed by atoms with Crippen molar-refractivity contribution >= 4 is 16.7 Å². The third kappa shape index (κ3) is 3.30. The molecule has 1 aliphatic rings. The molecule has 1 saturated heterocycles. The number of hydrogen-bond donors (Lipinski definition) is 0. The molecule has 6 heteroatoms. The first kappa shape index (κ1) is 15.9. The number of piperazine rings is 1. The minimum absolute atomic E-state index is 0.474. The number of fused-ring (bicyclic) bond motifs is 1. The van der Waals surface area contributed by atoms with Crippen LogP contribution in [0.15, 0.2) is 47.1 Å². The zero-order chi connectivity index (χ0) is 17.2. The molecule has 1 aliphatic heterocycles. The summed E-state index contributed by atoms with van der Waals surface area (Å²) in [5.41, 5.74) is 4.12. The Morgan fingerprint density at radius 2 is 1.88 bits per heavy atom. The first-order chi connectivity index (χ1) is 12.2. The third-order valence-electron chi connectivity index (χ3n) is 4.91. The Morgan fingerprint density at radius 1 is 1.08 bits per heavy atom. The highest BCUT2D eigenvalue weighted by Crippen LogP contribution is 2.23. The molecule has 1 aromatic heterocycles. The molecule has 0 bridgehead atoms. The number of benzene rings is 2. The summed E-state index contributed by atoms with van der Waals surface area (Å²) >= 11 is 0. The average molecular weight is 338 g/mol. The van der Waals surface area contributed by atoms with Crippen LogP contribution in [0.3, 0.4) is 0 Å². The first-order valence-corrected chi connectivity index (χ1v) is 8.57. The molecule has 0 saturated carbocycles. The van der Waals surface area contributed by atoms with Crippen LogP contribution in [-0.2, 0) is 6.54 Å². The van der Waals surface area contributed by atoms with E-state index in [-0.39, 0.29) is 0 Å². The molecule has 1 fully saturated rings. The van der Waals surface area contributed by atoms with Crippen LogP contribution >= 0.6 is 0 Å². The highest BCUT2D eigenvalue weighted by Gasteiger charge is 2.24. The van der Waals surface area contributed by atoms with Gasteiger partial charge in [0, 0.05) is 37.9 Å². The lowest BCUT2D eigenvalue weighted by molar-refractivity contribution is 0.181. The average Bonchev–Trinajstić information content (AvgIpc) is 3.11. The fourth-order valence-electron chi connectivity index (χ4n) is 3.42. The normalized spacial score (nSPS) is 18.6. The summed E-state index contributed by atoms with van der Waals surface area (Å²) in [7, 11) is 1.70. The van der Waals surface area contributed by atoms with Crippen LogP contribution in [0.5, 0.6) is 5.75 Å². The second kappa shape index (κ2) is 6.72. The third-order valence-corrected chi connectivity index (χ3v) is 4.91. The van der Waals surface area contributed by atoms with Crippen LogP contribution in [0.25, 0.3) is 11.0 Å². The largest absolute Gasteiger partial charge is 0.497 e. The fourth-order valence-corrected chi connectivity index (χ4v) is 3.42. The van der Waals surface area contributed by atoms with Gasteiger partial charge in [0.05, 0.1) is 7.11 Å². The van der Waals surface area contributed by atoms with Gasteiger partial charge in [-0.25, -0.2) is 4.63 Å². The van der Waals surface area contributed by atoms with E-state index in [0.29, 0.717) is 6.04 Å². The lowest BCUT2D eigenvalue weighted by Gasteiger charge is -2.41. The molecular weight excluding hydrogens is 316 g/mol. The van der Waals surface area contributed by atoms with Crippen LogP contribution in [0.2, 0.25) is 0 Å². The molecule has 0 aliphatic carbocycles. The maximum absolute atomic E-state index is 5.24. The van der Waals surface area contributed by atoms with E-state index in [4.69, 9.17) is 9.37 Å². The second-order valence-electron chi connectivity index (χ2n) is 6.55. The Labute approximate surface area is 146 Å². The highest BCUT2D eigenvalue weighted by molar-refractivity contribution is 5.73. The maximum atomic E-state index is 5.24. The van der Waals surface area contributed by atoms with E-state index < -0.39 is 0 Å². The molecule has 6 nitrogen and oxygen atoms in total. The molecule has 2 aromatic carbocycles. The summed E-state index contributed by atoms with van der Waals surface area (Å²) in [4.78, 5) is 4.94. The summed E-state index contributed by atoms with van der Waals surface area (Å²) in [6, 6.07) is 14.9. The zero-order valence-corrected chi connectivity index (χ0v) is 14.6. The second-order valence-corrected chi connectivity index (χ2v) is 6.55. The van der Waals surface area contributed by atoms with Gasteiger partial charge in [-0.2, -0.15) is 0 Å². The Morgan fingerprint density at radius 3 is 2.64 bits per heavy atom. The Bertz CT molecular complexity index is 846. The Balaban J connectivity index is 1.42. The van der Waals surface area contributed by atoms with Crippen LogP contribution in [0.4, 0.5) is 5.69 Å². The number of ether oxygens (including phenoxy) is 1.